The highest BCUT2D eigenvalue weighted by atomic mass is 32.2. The van der Waals surface area contributed by atoms with Crippen LogP contribution in [0.5, 0.6) is 5.75 Å². The molecule has 2 aromatic carbocycles. The number of anilines is 1. The van der Waals surface area contributed by atoms with Gasteiger partial charge in [0, 0.05) is 38.1 Å². The molecule has 3 nitrogen and oxygen atoms in total. The summed E-state index contributed by atoms with van der Waals surface area (Å²) in [6.07, 6.45) is 1.85. The second kappa shape index (κ2) is 5.66. The molecule has 1 aromatic heterocycles. The topological polar surface area (TPSA) is 48.1 Å². The number of methoxy groups -OCH3 is 1. The highest BCUT2D eigenvalue weighted by Crippen LogP contribution is 2.36. The number of nitrogens with two attached hydrogens (primary N) is 1. The van der Waals surface area contributed by atoms with Crippen molar-refractivity contribution in [2.75, 3.05) is 12.8 Å². The van der Waals surface area contributed by atoms with Crippen LogP contribution in [-0.4, -0.2) is 12.1 Å². The summed E-state index contributed by atoms with van der Waals surface area (Å²) >= 11 is 1.71. The quantitative estimate of drug-likeness (QED) is 0.733. The molecule has 3 rings (SSSR count). The molecule has 0 amide bonds. The summed E-state index contributed by atoms with van der Waals surface area (Å²) < 4.78 is 5.19. The van der Waals surface area contributed by atoms with Gasteiger partial charge in [0.1, 0.15) is 5.75 Å². The lowest BCUT2D eigenvalue weighted by molar-refractivity contribution is 0.414. The number of hydrogen-bond acceptors (Lipinski definition) is 4. The van der Waals surface area contributed by atoms with E-state index in [0.29, 0.717) is 0 Å². The number of benzene rings is 2. The van der Waals surface area contributed by atoms with Gasteiger partial charge in [0.05, 0.1) is 7.11 Å². The van der Waals surface area contributed by atoms with Crippen LogP contribution >= 0.6 is 11.8 Å². The van der Waals surface area contributed by atoms with E-state index in [9.17, 15) is 0 Å². The minimum atomic E-state index is 0.761. The van der Waals surface area contributed by atoms with Gasteiger partial charge in [-0.1, -0.05) is 11.8 Å². The number of aryl methyl sites for hydroxylation is 1. The third kappa shape index (κ3) is 2.81. The van der Waals surface area contributed by atoms with Gasteiger partial charge in [-0.2, -0.15) is 0 Å². The lowest BCUT2D eigenvalue weighted by Crippen LogP contribution is -1.91. The Hall–Kier alpha value is -2.20. The first-order chi connectivity index (χ1) is 10.2. The van der Waals surface area contributed by atoms with E-state index in [0.717, 1.165) is 32.8 Å². The molecule has 0 aliphatic heterocycles. The minimum absolute atomic E-state index is 0.761. The summed E-state index contributed by atoms with van der Waals surface area (Å²) in [6.45, 7) is 1.99. The van der Waals surface area contributed by atoms with Crippen molar-refractivity contribution in [1.29, 1.82) is 0 Å². The first-order valence-electron chi connectivity index (χ1n) is 6.64. The van der Waals surface area contributed by atoms with Gasteiger partial charge in [0.2, 0.25) is 0 Å². The van der Waals surface area contributed by atoms with Crippen molar-refractivity contribution in [1.82, 2.24) is 4.98 Å². The molecular formula is C17H16N2OS. The molecule has 3 aromatic rings. The zero-order valence-corrected chi connectivity index (χ0v) is 12.8. The van der Waals surface area contributed by atoms with Crippen LogP contribution in [0.2, 0.25) is 0 Å². The number of ether oxygens (including phenoxy) is 1. The standard InChI is InChI=1S/C17H16N2OS/c1-11-9-14-15(10-19-11)16(18)7-8-17(14)21-13-5-3-12(20-2)4-6-13/h3-10H,18H2,1-2H3. The van der Waals surface area contributed by atoms with Crippen molar-refractivity contribution in [2.45, 2.75) is 16.7 Å². The van der Waals surface area contributed by atoms with Crippen LogP contribution in [0.4, 0.5) is 5.69 Å². The molecule has 0 saturated heterocycles. The third-order valence-electron chi connectivity index (χ3n) is 3.32. The third-order valence-corrected chi connectivity index (χ3v) is 4.40. The number of pyridine rings is 1. The van der Waals surface area contributed by atoms with Crippen molar-refractivity contribution in [2.24, 2.45) is 0 Å². The van der Waals surface area contributed by atoms with Crippen LogP contribution in [0.1, 0.15) is 5.69 Å². The molecule has 0 bridgehead atoms. The molecule has 0 atom stereocenters. The molecule has 0 aliphatic carbocycles. The lowest BCUT2D eigenvalue weighted by atomic mass is 10.1. The highest BCUT2D eigenvalue weighted by Gasteiger charge is 2.07. The van der Waals surface area contributed by atoms with Crippen molar-refractivity contribution in [3.8, 4) is 5.75 Å². The van der Waals surface area contributed by atoms with E-state index in [1.165, 1.54) is 4.90 Å². The van der Waals surface area contributed by atoms with Crippen molar-refractivity contribution in [3.05, 3.63) is 54.4 Å². The first kappa shape index (κ1) is 13.8. The van der Waals surface area contributed by atoms with Gasteiger partial charge in [0.25, 0.3) is 0 Å². The largest absolute Gasteiger partial charge is 0.497 e. The Kier molecular flexibility index (Phi) is 3.71. The summed E-state index contributed by atoms with van der Waals surface area (Å²) in [4.78, 5) is 6.67. The van der Waals surface area contributed by atoms with Crippen LogP contribution < -0.4 is 10.5 Å². The van der Waals surface area contributed by atoms with Gasteiger partial charge in [-0.25, -0.2) is 0 Å². The Morgan fingerprint density at radius 1 is 1.05 bits per heavy atom. The molecule has 106 valence electrons. The van der Waals surface area contributed by atoms with Crippen LogP contribution in [-0.2, 0) is 0 Å². The summed E-state index contributed by atoms with van der Waals surface area (Å²) in [5.74, 6) is 0.863. The second-order valence-electron chi connectivity index (χ2n) is 4.80. The molecule has 0 aliphatic rings. The Labute approximate surface area is 128 Å². The zero-order valence-electron chi connectivity index (χ0n) is 12.0. The van der Waals surface area contributed by atoms with E-state index in [1.807, 2.05) is 31.3 Å². The van der Waals surface area contributed by atoms with E-state index in [-0.39, 0.29) is 0 Å². The van der Waals surface area contributed by atoms with Gasteiger partial charge < -0.3 is 10.5 Å². The van der Waals surface area contributed by atoms with E-state index < -0.39 is 0 Å². The minimum Gasteiger partial charge on any atom is -0.497 e. The Balaban J connectivity index is 2.03. The number of nitrogens with zero attached hydrogens (tertiary/aromatic N) is 1. The van der Waals surface area contributed by atoms with Gasteiger partial charge in [-0.05, 0) is 49.4 Å². The monoisotopic (exact) mass is 296 g/mol. The van der Waals surface area contributed by atoms with E-state index in [2.05, 4.69) is 29.2 Å². The molecule has 0 spiro atoms. The van der Waals surface area contributed by atoms with Gasteiger partial charge >= 0.3 is 0 Å². The second-order valence-corrected chi connectivity index (χ2v) is 5.92. The predicted molar refractivity (Wildman–Crippen MR) is 88.0 cm³/mol. The average Bonchev–Trinajstić information content (AvgIpc) is 2.51. The normalized spacial score (nSPS) is 10.8. The molecule has 21 heavy (non-hydrogen) atoms. The molecule has 0 saturated carbocycles. The number of aromatic nitrogens is 1. The fourth-order valence-electron chi connectivity index (χ4n) is 2.20. The summed E-state index contributed by atoms with van der Waals surface area (Å²) in [5, 5.41) is 2.14. The highest BCUT2D eigenvalue weighted by molar-refractivity contribution is 7.99. The average molecular weight is 296 g/mol. The van der Waals surface area contributed by atoms with Crippen LogP contribution in [0.15, 0.2) is 58.5 Å². The molecule has 0 fully saturated rings. The molecule has 0 radical (unpaired) electrons. The molecule has 0 unspecified atom stereocenters. The van der Waals surface area contributed by atoms with Crippen LogP contribution in [0.3, 0.4) is 0 Å². The molecule has 4 heteroatoms. The predicted octanol–water partition coefficient (Wildman–Crippen LogP) is 4.29. The van der Waals surface area contributed by atoms with E-state index >= 15 is 0 Å². The Morgan fingerprint density at radius 2 is 1.81 bits per heavy atom. The first-order valence-corrected chi connectivity index (χ1v) is 7.46. The number of rotatable bonds is 3. The van der Waals surface area contributed by atoms with Gasteiger partial charge in [-0.3, -0.25) is 4.98 Å². The maximum Gasteiger partial charge on any atom is 0.118 e. The Morgan fingerprint density at radius 3 is 2.52 bits per heavy atom. The number of hydrogen-bond donors (Lipinski definition) is 1. The van der Waals surface area contributed by atoms with Gasteiger partial charge in [-0.15, -0.1) is 0 Å². The fourth-order valence-corrected chi connectivity index (χ4v) is 3.14. The number of fused-ring (bicyclic) bond motifs is 1. The van der Waals surface area contributed by atoms with Crippen LogP contribution in [0.25, 0.3) is 10.8 Å². The maximum absolute atomic E-state index is 6.04. The SMILES string of the molecule is COc1ccc(Sc2ccc(N)c3cnc(C)cc23)cc1. The Bertz CT molecular complexity index is 785. The van der Waals surface area contributed by atoms with Gasteiger partial charge in [0.15, 0.2) is 0 Å². The van der Waals surface area contributed by atoms with E-state index in [4.69, 9.17) is 10.5 Å². The number of nitrogen functional groups attached to an aromatic ring is 1. The fraction of sp³-hybridized carbons (Fsp3) is 0.118. The zero-order chi connectivity index (χ0) is 14.8. The van der Waals surface area contributed by atoms with Crippen molar-refractivity contribution in [3.63, 3.8) is 0 Å². The molecule has 2 N–H and O–H groups in total. The lowest BCUT2D eigenvalue weighted by Gasteiger charge is -2.09. The molecular weight excluding hydrogens is 280 g/mol. The summed E-state index contributed by atoms with van der Waals surface area (Å²) in [5.41, 5.74) is 7.79. The van der Waals surface area contributed by atoms with Crippen molar-refractivity contribution < 1.29 is 4.74 Å². The summed E-state index contributed by atoms with van der Waals surface area (Å²) in [7, 11) is 1.67. The smallest absolute Gasteiger partial charge is 0.118 e. The molecule has 1 heterocycles. The van der Waals surface area contributed by atoms with E-state index in [1.54, 1.807) is 18.9 Å². The summed E-state index contributed by atoms with van der Waals surface area (Å²) in [6, 6.07) is 14.1. The van der Waals surface area contributed by atoms with Crippen molar-refractivity contribution >= 4 is 28.2 Å². The maximum atomic E-state index is 6.04. The van der Waals surface area contributed by atoms with Crippen LogP contribution in [0, 0.1) is 6.92 Å².